The summed E-state index contributed by atoms with van der Waals surface area (Å²) in [5.74, 6) is 0.722. The van der Waals surface area contributed by atoms with Crippen LogP contribution in [0.5, 0.6) is 5.75 Å². The lowest BCUT2D eigenvalue weighted by Crippen LogP contribution is -1.92. The summed E-state index contributed by atoms with van der Waals surface area (Å²) in [6, 6.07) is 11.2. The highest BCUT2D eigenvalue weighted by Crippen LogP contribution is 2.31. The summed E-state index contributed by atoms with van der Waals surface area (Å²) >= 11 is 6.08. The van der Waals surface area contributed by atoms with E-state index in [0.29, 0.717) is 16.4 Å². The summed E-state index contributed by atoms with van der Waals surface area (Å²) in [4.78, 5) is 0. The molecule has 2 aromatic carbocycles. The van der Waals surface area contributed by atoms with Crippen LogP contribution in [0.4, 0.5) is 17.1 Å². The van der Waals surface area contributed by atoms with Crippen molar-refractivity contribution in [2.75, 3.05) is 19.5 Å². The molecule has 0 spiro atoms. The second-order valence-electron chi connectivity index (χ2n) is 4.29. The smallest absolute Gasteiger partial charge is 0.144 e. The van der Waals surface area contributed by atoms with Crippen molar-refractivity contribution in [1.82, 2.24) is 0 Å². The van der Waals surface area contributed by atoms with Gasteiger partial charge < -0.3 is 10.1 Å². The predicted molar refractivity (Wildman–Crippen MR) is 82.9 cm³/mol. The Morgan fingerprint density at radius 3 is 2.60 bits per heavy atom. The molecule has 0 aliphatic heterocycles. The van der Waals surface area contributed by atoms with E-state index in [1.54, 1.807) is 7.11 Å². The van der Waals surface area contributed by atoms with Crippen LogP contribution in [0, 0.1) is 6.92 Å². The molecule has 0 amide bonds. The van der Waals surface area contributed by atoms with Crippen molar-refractivity contribution in [1.29, 1.82) is 0 Å². The summed E-state index contributed by atoms with van der Waals surface area (Å²) in [6.07, 6.45) is 0. The summed E-state index contributed by atoms with van der Waals surface area (Å²) < 4.78 is 5.28. The first kappa shape index (κ1) is 14.3. The molecular formula is C15H16ClN3O. The first-order valence-corrected chi connectivity index (χ1v) is 6.55. The highest BCUT2D eigenvalue weighted by Gasteiger charge is 2.03. The maximum absolute atomic E-state index is 6.08. The van der Waals surface area contributed by atoms with Gasteiger partial charge in [-0.25, -0.2) is 0 Å². The van der Waals surface area contributed by atoms with Crippen LogP contribution < -0.4 is 10.1 Å². The normalized spacial score (nSPS) is 10.8. The second-order valence-corrected chi connectivity index (χ2v) is 4.70. The Labute approximate surface area is 123 Å². The molecule has 0 unspecified atom stereocenters. The third kappa shape index (κ3) is 3.27. The number of rotatable bonds is 4. The fourth-order valence-electron chi connectivity index (χ4n) is 1.76. The van der Waals surface area contributed by atoms with Gasteiger partial charge >= 0.3 is 0 Å². The minimum Gasteiger partial charge on any atom is -0.495 e. The first-order valence-electron chi connectivity index (χ1n) is 6.17. The quantitative estimate of drug-likeness (QED) is 0.795. The van der Waals surface area contributed by atoms with Crippen LogP contribution in [0.3, 0.4) is 0 Å². The number of benzene rings is 2. The number of anilines is 1. The van der Waals surface area contributed by atoms with Crippen molar-refractivity contribution in [2.24, 2.45) is 10.2 Å². The Morgan fingerprint density at radius 2 is 1.90 bits per heavy atom. The molecule has 0 atom stereocenters. The molecule has 0 aromatic heterocycles. The SMILES string of the molecule is CNc1ccc(N=Nc2cc(C)ccc2Cl)cc1OC. The largest absolute Gasteiger partial charge is 0.495 e. The maximum Gasteiger partial charge on any atom is 0.144 e. The molecule has 0 saturated heterocycles. The van der Waals surface area contributed by atoms with E-state index in [4.69, 9.17) is 16.3 Å². The van der Waals surface area contributed by atoms with Gasteiger partial charge in [-0.3, -0.25) is 0 Å². The van der Waals surface area contributed by atoms with Crippen molar-refractivity contribution < 1.29 is 4.74 Å². The highest BCUT2D eigenvalue weighted by atomic mass is 35.5. The molecule has 2 aromatic rings. The maximum atomic E-state index is 6.08. The van der Waals surface area contributed by atoms with Gasteiger partial charge in [-0.05, 0) is 36.8 Å². The molecule has 0 radical (unpaired) electrons. The number of hydrogen-bond donors (Lipinski definition) is 1. The number of nitrogens with zero attached hydrogens (tertiary/aromatic N) is 2. The molecule has 2 rings (SSSR count). The molecule has 0 saturated carbocycles. The number of halogens is 1. The van der Waals surface area contributed by atoms with Crippen LogP contribution in [0.25, 0.3) is 0 Å². The molecule has 20 heavy (non-hydrogen) atoms. The van der Waals surface area contributed by atoms with Gasteiger partial charge in [0.15, 0.2) is 0 Å². The number of azo groups is 1. The highest BCUT2D eigenvalue weighted by molar-refractivity contribution is 6.32. The molecule has 4 nitrogen and oxygen atoms in total. The third-order valence-electron chi connectivity index (χ3n) is 2.83. The zero-order valence-electron chi connectivity index (χ0n) is 11.6. The summed E-state index contributed by atoms with van der Waals surface area (Å²) in [6.45, 7) is 1.99. The molecule has 0 aliphatic rings. The molecule has 0 heterocycles. The van der Waals surface area contributed by atoms with Crippen molar-refractivity contribution >= 4 is 28.7 Å². The van der Waals surface area contributed by atoms with Gasteiger partial charge in [0, 0.05) is 13.1 Å². The van der Waals surface area contributed by atoms with Crippen LogP contribution in [0.2, 0.25) is 5.02 Å². The number of aryl methyl sites for hydroxylation is 1. The molecular weight excluding hydrogens is 274 g/mol. The average molecular weight is 290 g/mol. The Morgan fingerprint density at radius 1 is 1.10 bits per heavy atom. The van der Waals surface area contributed by atoms with E-state index in [1.807, 2.05) is 50.4 Å². The molecule has 0 aliphatic carbocycles. The van der Waals surface area contributed by atoms with Crippen LogP contribution in [0.15, 0.2) is 46.6 Å². The van der Waals surface area contributed by atoms with Crippen molar-refractivity contribution in [3.63, 3.8) is 0 Å². The van der Waals surface area contributed by atoms with Gasteiger partial charge in [0.05, 0.1) is 23.5 Å². The van der Waals surface area contributed by atoms with E-state index < -0.39 is 0 Å². The van der Waals surface area contributed by atoms with Gasteiger partial charge in [-0.2, -0.15) is 5.11 Å². The van der Waals surface area contributed by atoms with E-state index in [2.05, 4.69) is 15.5 Å². The van der Waals surface area contributed by atoms with E-state index in [0.717, 1.165) is 17.0 Å². The lowest BCUT2D eigenvalue weighted by Gasteiger charge is -2.07. The molecule has 104 valence electrons. The van der Waals surface area contributed by atoms with Gasteiger partial charge in [-0.15, -0.1) is 5.11 Å². The Bertz CT molecular complexity index is 641. The molecule has 0 bridgehead atoms. The minimum atomic E-state index is 0.582. The van der Waals surface area contributed by atoms with Gasteiger partial charge in [0.2, 0.25) is 0 Å². The number of methoxy groups -OCH3 is 1. The van der Waals surface area contributed by atoms with Crippen molar-refractivity contribution in [3.05, 3.63) is 47.0 Å². The predicted octanol–water partition coefficient (Wildman–Crippen LogP) is 5.11. The number of hydrogen-bond acceptors (Lipinski definition) is 4. The Hall–Kier alpha value is -2.07. The average Bonchev–Trinajstić information content (AvgIpc) is 2.47. The minimum absolute atomic E-state index is 0.582. The Balaban J connectivity index is 2.29. The zero-order chi connectivity index (χ0) is 14.5. The second kappa shape index (κ2) is 6.39. The topological polar surface area (TPSA) is 46.0 Å². The summed E-state index contributed by atoms with van der Waals surface area (Å²) in [5.41, 5.74) is 3.35. The molecule has 5 heteroatoms. The zero-order valence-corrected chi connectivity index (χ0v) is 12.4. The number of ether oxygens (including phenoxy) is 1. The lowest BCUT2D eigenvalue weighted by atomic mass is 10.2. The summed E-state index contributed by atoms with van der Waals surface area (Å²) in [5, 5.41) is 12.0. The van der Waals surface area contributed by atoms with E-state index in [-0.39, 0.29) is 0 Å². The molecule has 1 N–H and O–H groups in total. The monoisotopic (exact) mass is 289 g/mol. The van der Waals surface area contributed by atoms with Crippen LogP contribution in [0.1, 0.15) is 5.56 Å². The third-order valence-corrected chi connectivity index (χ3v) is 3.15. The molecule has 0 fully saturated rings. The van der Waals surface area contributed by atoms with Gasteiger partial charge in [-0.1, -0.05) is 17.7 Å². The van der Waals surface area contributed by atoms with Crippen LogP contribution in [-0.2, 0) is 0 Å². The fraction of sp³-hybridized carbons (Fsp3) is 0.200. The van der Waals surface area contributed by atoms with Crippen molar-refractivity contribution in [3.8, 4) is 5.75 Å². The van der Waals surface area contributed by atoms with Crippen molar-refractivity contribution in [2.45, 2.75) is 6.92 Å². The number of nitrogens with one attached hydrogen (secondary N) is 1. The van der Waals surface area contributed by atoms with Gasteiger partial charge in [0.1, 0.15) is 11.4 Å². The van der Waals surface area contributed by atoms with Crippen LogP contribution >= 0.6 is 11.6 Å². The Kier molecular flexibility index (Phi) is 4.58. The fourth-order valence-corrected chi connectivity index (χ4v) is 1.91. The van der Waals surface area contributed by atoms with Crippen LogP contribution in [-0.4, -0.2) is 14.2 Å². The lowest BCUT2D eigenvalue weighted by molar-refractivity contribution is 0.417. The van der Waals surface area contributed by atoms with E-state index in [1.165, 1.54) is 0 Å². The van der Waals surface area contributed by atoms with Gasteiger partial charge in [0.25, 0.3) is 0 Å². The first-order chi connectivity index (χ1) is 9.63. The van der Waals surface area contributed by atoms with E-state index in [9.17, 15) is 0 Å². The standard InChI is InChI=1S/C15H16ClN3O/c1-10-4-6-12(16)14(8-10)19-18-11-5-7-13(17-2)15(9-11)20-3/h4-9,17H,1-3H3. The summed E-state index contributed by atoms with van der Waals surface area (Å²) in [7, 11) is 3.46. The van der Waals surface area contributed by atoms with E-state index >= 15 is 0 Å².